The summed E-state index contributed by atoms with van der Waals surface area (Å²) in [4.78, 5) is 70.5. The first-order valence-corrected chi connectivity index (χ1v) is 17.0. The number of oxime groups is 1. The van der Waals surface area contributed by atoms with Crippen LogP contribution >= 0.6 is 0 Å². The molecule has 7 atom stereocenters. The Morgan fingerprint density at radius 1 is 0.875 bits per heavy atom. The highest BCUT2D eigenvalue weighted by atomic mass is 16.8. The summed E-state index contributed by atoms with van der Waals surface area (Å²) in [6, 6.07) is -2.82. The van der Waals surface area contributed by atoms with Gasteiger partial charge in [-0.3, -0.25) is 19.2 Å². The molecule has 274 valence electrons. The topological polar surface area (TPSA) is 206 Å². The van der Waals surface area contributed by atoms with E-state index in [9.17, 15) is 29.1 Å². The molecule has 48 heavy (non-hydrogen) atoms. The van der Waals surface area contributed by atoms with E-state index in [4.69, 9.17) is 14.3 Å². The van der Waals surface area contributed by atoms with Gasteiger partial charge in [0.2, 0.25) is 24.0 Å². The quantitative estimate of drug-likeness (QED) is 0.132. The molecule has 0 spiro atoms. The van der Waals surface area contributed by atoms with Crippen molar-refractivity contribution < 1.29 is 43.4 Å². The fourth-order valence-corrected chi connectivity index (χ4v) is 5.24. The first kappa shape index (κ1) is 40.7. The van der Waals surface area contributed by atoms with Gasteiger partial charge in [-0.25, -0.2) is 4.79 Å². The van der Waals surface area contributed by atoms with Gasteiger partial charge in [0, 0.05) is 12.5 Å². The molecule has 5 amide bonds. The molecular weight excluding hydrogens is 624 g/mol. The van der Waals surface area contributed by atoms with Crippen LogP contribution in [0.3, 0.4) is 0 Å². The summed E-state index contributed by atoms with van der Waals surface area (Å²) in [7, 11) is 0. The molecule has 0 radical (unpaired) electrons. The molecule has 0 saturated carbocycles. The van der Waals surface area contributed by atoms with Gasteiger partial charge in [0.05, 0.1) is 31.2 Å². The number of aliphatic hydroxyl groups excluding tert-OH is 1. The maximum Gasteiger partial charge on any atom is 0.407 e. The molecule has 0 aromatic rings. The monoisotopic (exact) mass is 682 g/mol. The number of rotatable bonds is 17. The molecule has 1 saturated heterocycles. The van der Waals surface area contributed by atoms with Crippen LogP contribution in [0.25, 0.3) is 0 Å². The van der Waals surface area contributed by atoms with E-state index in [-0.39, 0.29) is 48.3 Å². The van der Waals surface area contributed by atoms with Crippen LogP contribution in [0.4, 0.5) is 4.79 Å². The SMILES string of the molecule is CC(C)CNC(=O)[C@@H](NC(=O)[C@H](C)C[C@H](O)[C@H](CC(C)C)NC(=O)[C@H](CNC(=O)OC(C)(C)C)NC(=O)C1=NO[C@H]2OCC[C@@H]12)C(C)C. The molecule has 0 aliphatic carbocycles. The van der Waals surface area contributed by atoms with Crippen molar-refractivity contribution in [3.8, 4) is 0 Å². The summed E-state index contributed by atoms with van der Waals surface area (Å²) in [6.45, 7) is 18.8. The average Bonchev–Trinajstić information content (AvgIpc) is 3.59. The molecule has 0 aromatic carbocycles. The third-order valence-corrected chi connectivity index (χ3v) is 7.84. The van der Waals surface area contributed by atoms with E-state index in [0.29, 0.717) is 26.0 Å². The minimum Gasteiger partial charge on any atom is -0.444 e. The zero-order chi connectivity index (χ0) is 36.3. The van der Waals surface area contributed by atoms with Crippen molar-refractivity contribution in [2.75, 3.05) is 19.7 Å². The Balaban J connectivity index is 2.15. The van der Waals surface area contributed by atoms with Gasteiger partial charge in [0.25, 0.3) is 5.91 Å². The smallest absolute Gasteiger partial charge is 0.407 e. The van der Waals surface area contributed by atoms with Crippen molar-refractivity contribution in [1.29, 1.82) is 0 Å². The van der Waals surface area contributed by atoms with E-state index in [2.05, 4.69) is 31.7 Å². The second-order valence-electron chi connectivity index (χ2n) is 14.9. The van der Waals surface area contributed by atoms with E-state index >= 15 is 0 Å². The van der Waals surface area contributed by atoms with Gasteiger partial charge in [0.1, 0.15) is 17.7 Å². The van der Waals surface area contributed by atoms with Crippen molar-refractivity contribution >= 4 is 35.4 Å². The Hall–Kier alpha value is -3.46. The van der Waals surface area contributed by atoms with Crippen molar-refractivity contribution in [1.82, 2.24) is 26.6 Å². The van der Waals surface area contributed by atoms with Gasteiger partial charge >= 0.3 is 6.09 Å². The molecule has 0 unspecified atom stereocenters. The fourth-order valence-electron chi connectivity index (χ4n) is 5.24. The number of alkyl carbamates (subject to hydrolysis) is 1. The van der Waals surface area contributed by atoms with Gasteiger partial charge in [-0.05, 0) is 57.8 Å². The molecule has 15 nitrogen and oxygen atoms in total. The highest BCUT2D eigenvalue weighted by Crippen LogP contribution is 2.29. The molecule has 2 heterocycles. The molecule has 2 aliphatic heterocycles. The number of nitrogens with zero attached hydrogens (tertiary/aromatic N) is 1. The number of amides is 5. The van der Waals surface area contributed by atoms with Crippen molar-refractivity contribution in [3.05, 3.63) is 0 Å². The molecule has 1 fully saturated rings. The standard InChI is InChI=1S/C33H58N6O9/c1-17(2)13-22(24(40)14-20(7)27(41)38-25(19(5)6)29(43)34-15-18(3)4)36-28(42)23(16-35-32(45)47-33(8,9)10)37-30(44)26-21-11-12-46-31(21)48-39-26/h17-25,31,40H,11-16H2,1-10H3,(H,34,43)(H,35,45)(H,36,42)(H,37,44)(H,38,41)/t20-,21+,22+,23+,24+,25+,31-/m1/s1. The van der Waals surface area contributed by atoms with Crippen molar-refractivity contribution in [2.24, 2.45) is 34.7 Å². The van der Waals surface area contributed by atoms with Gasteiger partial charge in [-0.2, -0.15) is 0 Å². The van der Waals surface area contributed by atoms with Crippen molar-refractivity contribution in [3.63, 3.8) is 0 Å². The molecule has 0 bridgehead atoms. The Bertz CT molecular complexity index is 1150. The van der Waals surface area contributed by atoms with Crippen LogP contribution in [-0.4, -0.2) is 96.4 Å². The number of nitrogens with one attached hydrogen (secondary N) is 5. The molecule has 2 aliphatic rings. The summed E-state index contributed by atoms with van der Waals surface area (Å²) in [5.41, 5.74) is -0.704. The van der Waals surface area contributed by atoms with E-state index in [1.165, 1.54) is 0 Å². The number of ether oxygens (including phenoxy) is 2. The number of hydrogen-bond donors (Lipinski definition) is 6. The highest BCUT2D eigenvalue weighted by Gasteiger charge is 2.43. The predicted octanol–water partition coefficient (Wildman–Crippen LogP) is 1.58. The van der Waals surface area contributed by atoms with Crippen LogP contribution in [0.15, 0.2) is 5.16 Å². The lowest BCUT2D eigenvalue weighted by atomic mass is 9.91. The summed E-state index contributed by atoms with van der Waals surface area (Å²) in [6.07, 6.45) is -1.71. The normalized spacial score (nSPS) is 20.5. The number of carbonyl (C=O) groups is 5. The average molecular weight is 683 g/mol. The van der Waals surface area contributed by atoms with Crippen molar-refractivity contribution in [2.45, 2.75) is 125 Å². The second kappa shape index (κ2) is 18.3. The fraction of sp³-hybridized carbons (Fsp3) is 0.818. The lowest BCUT2D eigenvalue weighted by molar-refractivity contribution is -0.132. The van der Waals surface area contributed by atoms with Crippen LogP contribution < -0.4 is 26.6 Å². The maximum atomic E-state index is 13.7. The Kier molecular flexibility index (Phi) is 15.6. The van der Waals surface area contributed by atoms with E-state index < -0.39 is 65.9 Å². The summed E-state index contributed by atoms with van der Waals surface area (Å²) >= 11 is 0. The lowest BCUT2D eigenvalue weighted by Crippen LogP contribution is -2.58. The van der Waals surface area contributed by atoms with Gasteiger partial charge < -0.3 is 46.0 Å². The number of hydrogen-bond acceptors (Lipinski definition) is 10. The maximum absolute atomic E-state index is 13.7. The summed E-state index contributed by atoms with van der Waals surface area (Å²) < 4.78 is 10.7. The Morgan fingerprint density at radius 3 is 2.12 bits per heavy atom. The molecule has 6 N–H and O–H groups in total. The number of carbonyl (C=O) groups excluding carboxylic acids is 5. The Morgan fingerprint density at radius 2 is 1.54 bits per heavy atom. The summed E-state index contributed by atoms with van der Waals surface area (Å²) in [5, 5.41) is 28.8. The van der Waals surface area contributed by atoms with E-state index in [0.717, 1.165) is 0 Å². The second-order valence-corrected chi connectivity index (χ2v) is 14.9. The first-order valence-electron chi connectivity index (χ1n) is 17.0. The molecule has 0 aromatic heterocycles. The molecule has 15 heteroatoms. The predicted molar refractivity (Wildman–Crippen MR) is 178 cm³/mol. The molecular formula is C33H58N6O9. The lowest BCUT2D eigenvalue weighted by Gasteiger charge is -2.30. The zero-order valence-electron chi connectivity index (χ0n) is 30.2. The van der Waals surface area contributed by atoms with Crippen LogP contribution in [0.5, 0.6) is 0 Å². The van der Waals surface area contributed by atoms with Crippen LogP contribution in [-0.2, 0) is 33.5 Å². The van der Waals surface area contributed by atoms with Gasteiger partial charge in [-0.1, -0.05) is 53.6 Å². The third-order valence-electron chi connectivity index (χ3n) is 7.84. The van der Waals surface area contributed by atoms with Crippen LogP contribution in [0, 0.1) is 29.6 Å². The van der Waals surface area contributed by atoms with Crippen LogP contribution in [0.2, 0.25) is 0 Å². The zero-order valence-corrected chi connectivity index (χ0v) is 30.2. The molecule has 2 rings (SSSR count). The van der Waals surface area contributed by atoms with Crippen LogP contribution in [0.1, 0.15) is 88.5 Å². The largest absolute Gasteiger partial charge is 0.444 e. The van der Waals surface area contributed by atoms with Gasteiger partial charge in [0.15, 0.2) is 5.71 Å². The minimum absolute atomic E-state index is 0.00761. The third kappa shape index (κ3) is 13.2. The number of aliphatic hydroxyl groups is 1. The minimum atomic E-state index is -1.27. The summed E-state index contributed by atoms with van der Waals surface area (Å²) in [5.74, 6) is -2.94. The van der Waals surface area contributed by atoms with E-state index in [1.54, 1.807) is 27.7 Å². The number of fused-ring (bicyclic) bond motifs is 1. The van der Waals surface area contributed by atoms with Gasteiger partial charge in [-0.15, -0.1) is 0 Å². The first-order chi connectivity index (χ1) is 22.3. The highest BCUT2D eigenvalue weighted by molar-refractivity contribution is 6.40. The van der Waals surface area contributed by atoms with E-state index in [1.807, 2.05) is 41.5 Å². The Labute approximate surface area is 284 Å².